The molecule has 3 rings (SSSR count). The van der Waals surface area contributed by atoms with E-state index >= 15 is 0 Å². The van der Waals surface area contributed by atoms with E-state index in [1.165, 1.54) is 0 Å². The van der Waals surface area contributed by atoms with Crippen LogP contribution in [0.5, 0.6) is 0 Å². The smallest absolute Gasteiger partial charge is 0.241 e. The molecule has 0 fully saturated rings. The van der Waals surface area contributed by atoms with Gasteiger partial charge in [-0.15, -0.1) is 11.6 Å². The third-order valence-electron chi connectivity index (χ3n) is 2.75. The van der Waals surface area contributed by atoms with Crippen molar-refractivity contribution in [3.63, 3.8) is 0 Å². The summed E-state index contributed by atoms with van der Waals surface area (Å²) in [4.78, 5) is 12.9. The minimum absolute atomic E-state index is 0.191. The topological polar surface area (TPSA) is 64.7 Å². The van der Waals surface area contributed by atoms with Crippen molar-refractivity contribution in [2.24, 2.45) is 0 Å². The fourth-order valence-electron chi connectivity index (χ4n) is 1.84. The van der Waals surface area contributed by atoms with E-state index in [4.69, 9.17) is 16.1 Å². The van der Waals surface area contributed by atoms with Crippen LogP contribution in [0.3, 0.4) is 0 Å². The molecule has 0 bridgehead atoms. The lowest BCUT2D eigenvalue weighted by Gasteiger charge is -2.02. The first kappa shape index (κ1) is 12.7. The zero-order chi connectivity index (χ0) is 13.9. The van der Waals surface area contributed by atoms with Crippen molar-refractivity contribution in [2.45, 2.75) is 12.8 Å². The number of rotatable bonds is 3. The first-order valence-corrected chi connectivity index (χ1v) is 6.59. The Morgan fingerprint density at radius 2 is 2.00 bits per heavy atom. The van der Waals surface area contributed by atoms with Crippen LogP contribution in [-0.2, 0) is 5.88 Å². The second kappa shape index (κ2) is 5.38. The first-order chi connectivity index (χ1) is 9.76. The van der Waals surface area contributed by atoms with Gasteiger partial charge in [0, 0.05) is 17.5 Å². The third kappa shape index (κ3) is 2.53. The lowest BCUT2D eigenvalue weighted by atomic mass is 10.1. The lowest BCUT2D eigenvalue weighted by molar-refractivity contribution is 0.391. The van der Waals surface area contributed by atoms with E-state index in [0.29, 0.717) is 17.4 Å². The van der Waals surface area contributed by atoms with Crippen molar-refractivity contribution in [3.8, 4) is 22.8 Å². The molecule has 0 aliphatic rings. The standard InChI is InChI=1S/C14H11ClN4O/c1-9-7-10(5-6-16-9)11-3-2-4-12(17-11)14-18-13(8-15)20-19-14/h2-7H,8H2,1H3. The molecule has 0 aliphatic carbocycles. The Hall–Kier alpha value is -2.27. The van der Waals surface area contributed by atoms with E-state index < -0.39 is 0 Å². The summed E-state index contributed by atoms with van der Waals surface area (Å²) in [5.41, 5.74) is 3.43. The summed E-state index contributed by atoms with van der Waals surface area (Å²) in [7, 11) is 0. The van der Waals surface area contributed by atoms with Gasteiger partial charge in [-0.1, -0.05) is 11.2 Å². The van der Waals surface area contributed by atoms with Gasteiger partial charge in [-0.05, 0) is 31.2 Å². The Morgan fingerprint density at radius 1 is 1.15 bits per heavy atom. The van der Waals surface area contributed by atoms with Crippen LogP contribution in [0.4, 0.5) is 0 Å². The third-order valence-corrected chi connectivity index (χ3v) is 2.98. The van der Waals surface area contributed by atoms with E-state index in [9.17, 15) is 0 Å². The van der Waals surface area contributed by atoms with Gasteiger partial charge in [0.25, 0.3) is 0 Å². The van der Waals surface area contributed by atoms with Crippen molar-refractivity contribution < 1.29 is 4.52 Å². The van der Waals surface area contributed by atoms with Crippen molar-refractivity contribution in [3.05, 3.63) is 48.1 Å². The Labute approximate surface area is 120 Å². The molecule has 100 valence electrons. The highest BCUT2D eigenvalue weighted by Crippen LogP contribution is 2.21. The molecule has 0 saturated carbocycles. The minimum atomic E-state index is 0.191. The summed E-state index contributed by atoms with van der Waals surface area (Å²) < 4.78 is 4.99. The molecule has 0 spiro atoms. The van der Waals surface area contributed by atoms with Crippen molar-refractivity contribution in [1.82, 2.24) is 20.1 Å². The molecule has 0 amide bonds. The Bertz CT molecular complexity index is 741. The van der Waals surface area contributed by atoms with Gasteiger partial charge in [0.15, 0.2) is 0 Å². The van der Waals surface area contributed by atoms with Gasteiger partial charge in [-0.2, -0.15) is 4.98 Å². The van der Waals surface area contributed by atoms with E-state index in [1.807, 2.05) is 37.3 Å². The van der Waals surface area contributed by atoms with Crippen molar-refractivity contribution in [2.75, 3.05) is 0 Å². The number of nitrogens with zero attached hydrogens (tertiary/aromatic N) is 4. The molecule has 6 heteroatoms. The molecule has 0 saturated heterocycles. The fourth-order valence-corrected chi connectivity index (χ4v) is 1.95. The molecule has 5 nitrogen and oxygen atoms in total. The van der Waals surface area contributed by atoms with E-state index in [-0.39, 0.29) is 5.88 Å². The largest absolute Gasteiger partial charge is 0.338 e. The second-order valence-corrected chi connectivity index (χ2v) is 4.51. The number of aryl methyl sites for hydroxylation is 1. The molecular weight excluding hydrogens is 276 g/mol. The summed E-state index contributed by atoms with van der Waals surface area (Å²) in [6.45, 7) is 1.94. The number of aromatic nitrogens is 4. The Kier molecular flexibility index (Phi) is 3.43. The maximum atomic E-state index is 5.65. The quantitative estimate of drug-likeness (QED) is 0.692. The molecule has 3 heterocycles. The lowest BCUT2D eigenvalue weighted by Crippen LogP contribution is -1.90. The number of pyridine rings is 2. The summed E-state index contributed by atoms with van der Waals surface area (Å²) >= 11 is 5.65. The number of hydrogen-bond donors (Lipinski definition) is 0. The molecule has 20 heavy (non-hydrogen) atoms. The zero-order valence-electron chi connectivity index (χ0n) is 10.7. The zero-order valence-corrected chi connectivity index (χ0v) is 11.5. The highest BCUT2D eigenvalue weighted by Gasteiger charge is 2.10. The van der Waals surface area contributed by atoms with E-state index in [1.54, 1.807) is 6.20 Å². The van der Waals surface area contributed by atoms with Crippen LogP contribution in [0, 0.1) is 6.92 Å². The molecule has 0 aliphatic heterocycles. The predicted octanol–water partition coefficient (Wildman–Crippen LogP) is 3.24. The van der Waals surface area contributed by atoms with Crippen LogP contribution in [0.15, 0.2) is 41.1 Å². The van der Waals surface area contributed by atoms with E-state index in [2.05, 4.69) is 20.1 Å². The van der Waals surface area contributed by atoms with Gasteiger partial charge in [0.2, 0.25) is 11.7 Å². The van der Waals surface area contributed by atoms with Crippen LogP contribution < -0.4 is 0 Å². The molecule has 3 aromatic heterocycles. The van der Waals surface area contributed by atoms with Gasteiger partial charge in [0.1, 0.15) is 11.6 Å². The normalized spacial score (nSPS) is 10.7. The van der Waals surface area contributed by atoms with Gasteiger partial charge in [-0.3, -0.25) is 4.98 Å². The molecule has 0 radical (unpaired) electrons. The molecule has 0 atom stereocenters. The Morgan fingerprint density at radius 3 is 2.75 bits per heavy atom. The Balaban J connectivity index is 2.01. The average molecular weight is 287 g/mol. The van der Waals surface area contributed by atoms with Gasteiger partial charge in [0.05, 0.1) is 5.69 Å². The van der Waals surface area contributed by atoms with Crippen LogP contribution >= 0.6 is 11.6 Å². The van der Waals surface area contributed by atoms with Crippen molar-refractivity contribution >= 4 is 11.6 Å². The maximum absolute atomic E-state index is 5.65. The number of hydrogen-bond acceptors (Lipinski definition) is 5. The SMILES string of the molecule is Cc1cc(-c2cccc(-c3noc(CCl)n3)n2)ccn1. The highest BCUT2D eigenvalue weighted by atomic mass is 35.5. The van der Waals surface area contributed by atoms with Crippen LogP contribution in [0.1, 0.15) is 11.6 Å². The van der Waals surface area contributed by atoms with E-state index in [0.717, 1.165) is 17.0 Å². The first-order valence-electron chi connectivity index (χ1n) is 6.05. The molecule has 0 unspecified atom stereocenters. The summed E-state index contributed by atoms with van der Waals surface area (Å²) in [6, 6.07) is 9.57. The summed E-state index contributed by atoms with van der Waals surface area (Å²) in [5, 5.41) is 3.86. The van der Waals surface area contributed by atoms with Crippen LogP contribution in [-0.4, -0.2) is 20.1 Å². The molecule has 0 N–H and O–H groups in total. The average Bonchev–Trinajstić information content (AvgIpc) is 2.96. The molecule has 0 aromatic carbocycles. The monoisotopic (exact) mass is 286 g/mol. The number of halogens is 1. The summed E-state index contributed by atoms with van der Waals surface area (Å²) in [6.07, 6.45) is 1.76. The van der Waals surface area contributed by atoms with Crippen molar-refractivity contribution in [1.29, 1.82) is 0 Å². The minimum Gasteiger partial charge on any atom is -0.338 e. The number of alkyl halides is 1. The predicted molar refractivity (Wildman–Crippen MR) is 75.1 cm³/mol. The van der Waals surface area contributed by atoms with Gasteiger partial charge < -0.3 is 4.52 Å². The maximum Gasteiger partial charge on any atom is 0.241 e. The second-order valence-electron chi connectivity index (χ2n) is 4.24. The van der Waals surface area contributed by atoms with Gasteiger partial charge in [-0.25, -0.2) is 4.98 Å². The van der Waals surface area contributed by atoms with Crippen LogP contribution in [0.25, 0.3) is 22.8 Å². The summed E-state index contributed by atoms with van der Waals surface area (Å²) in [5.74, 6) is 1.01. The van der Waals surface area contributed by atoms with Gasteiger partial charge >= 0.3 is 0 Å². The highest BCUT2D eigenvalue weighted by molar-refractivity contribution is 6.16. The molecular formula is C14H11ClN4O. The van der Waals surface area contributed by atoms with Crippen LogP contribution in [0.2, 0.25) is 0 Å². The fraction of sp³-hybridized carbons (Fsp3) is 0.143. The molecule has 3 aromatic rings.